The molecule has 0 unspecified atom stereocenters. The lowest BCUT2D eigenvalue weighted by atomic mass is 10.1. The molecule has 2 N–H and O–H groups in total. The molecule has 0 saturated carbocycles. The molecule has 4 amide bonds. The van der Waals surface area contributed by atoms with Crippen LogP contribution in [0.1, 0.15) is 30.5 Å². The monoisotopic (exact) mass is 645 g/mol. The molecule has 1 saturated heterocycles. The number of carbonyl (C=O) groups is 3. The molecule has 1 aliphatic rings. The highest BCUT2D eigenvalue weighted by atomic mass is 79.9. The Morgan fingerprint density at radius 3 is 2.55 bits per heavy atom. The Labute approximate surface area is 250 Å². The minimum atomic E-state index is -0.681. The molecule has 1 heterocycles. The number of halogens is 3. The van der Waals surface area contributed by atoms with E-state index >= 15 is 0 Å². The van der Waals surface area contributed by atoms with E-state index in [1.165, 1.54) is 6.08 Å². The van der Waals surface area contributed by atoms with Gasteiger partial charge in [-0.05, 0) is 76.8 Å². The van der Waals surface area contributed by atoms with Crippen LogP contribution >= 0.6 is 39.1 Å². The van der Waals surface area contributed by atoms with E-state index in [0.717, 1.165) is 22.4 Å². The Morgan fingerprint density at radius 1 is 1.05 bits per heavy atom. The van der Waals surface area contributed by atoms with Crippen molar-refractivity contribution in [2.75, 3.05) is 18.5 Å². The second-order valence-corrected chi connectivity index (χ2v) is 10.4. The SMILES string of the molecule is CCOc1cc(/C=C2/NC(=O)N(CC(=O)Nc3ccccc3CC)C2=O)cc(Br)c1OCc1ccc(Cl)cc1Cl. The fourth-order valence-corrected chi connectivity index (χ4v) is 5.07. The molecule has 4 rings (SSSR count). The van der Waals surface area contributed by atoms with E-state index in [1.54, 1.807) is 42.5 Å². The van der Waals surface area contributed by atoms with Crippen LogP contribution in [0.5, 0.6) is 11.5 Å². The van der Waals surface area contributed by atoms with Gasteiger partial charge in [-0.2, -0.15) is 0 Å². The number of para-hydroxylation sites is 1. The maximum absolute atomic E-state index is 13.0. The van der Waals surface area contributed by atoms with Crippen molar-refractivity contribution in [2.45, 2.75) is 26.9 Å². The summed E-state index contributed by atoms with van der Waals surface area (Å²) in [5, 5.41) is 6.32. The van der Waals surface area contributed by atoms with Gasteiger partial charge >= 0.3 is 6.03 Å². The molecule has 1 fully saturated rings. The summed E-state index contributed by atoms with van der Waals surface area (Å²) in [6.07, 6.45) is 2.24. The van der Waals surface area contributed by atoms with E-state index in [4.69, 9.17) is 32.7 Å². The van der Waals surface area contributed by atoms with Crippen LogP contribution < -0.4 is 20.1 Å². The van der Waals surface area contributed by atoms with Gasteiger partial charge in [0, 0.05) is 21.3 Å². The largest absolute Gasteiger partial charge is 0.490 e. The van der Waals surface area contributed by atoms with Crippen molar-refractivity contribution in [2.24, 2.45) is 0 Å². The number of aryl methyl sites for hydroxylation is 1. The molecule has 0 spiro atoms. The zero-order chi connectivity index (χ0) is 28.8. The van der Waals surface area contributed by atoms with Crippen LogP contribution in [-0.4, -0.2) is 35.9 Å². The molecule has 0 radical (unpaired) electrons. The van der Waals surface area contributed by atoms with Gasteiger partial charge in [0.2, 0.25) is 5.91 Å². The molecule has 208 valence electrons. The average molecular weight is 647 g/mol. The number of hydrogen-bond donors (Lipinski definition) is 2. The van der Waals surface area contributed by atoms with E-state index in [2.05, 4.69) is 26.6 Å². The zero-order valence-corrected chi connectivity index (χ0v) is 24.8. The van der Waals surface area contributed by atoms with Crippen molar-refractivity contribution in [3.8, 4) is 11.5 Å². The molecule has 0 atom stereocenters. The molecular weight excluding hydrogens is 621 g/mol. The second-order valence-electron chi connectivity index (χ2n) is 8.73. The van der Waals surface area contributed by atoms with E-state index in [9.17, 15) is 14.4 Å². The van der Waals surface area contributed by atoms with Crippen LogP contribution in [-0.2, 0) is 22.6 Å². The third kappa shape index (κ3) is 6.96. The molecule has 3 aromatic rings. The van der Waals surface area contributed by atoms with Gasteiger partial charge in [0.25, 0.3) is 5.91 Å². The number of hydrogen-bond acceptors (Lipinski definition) is 5. The summed E-state index contributed by atoms with van der Waals surface area (Å²) in [5.74, 6) is -0.219. The molecule has 11 heteroatoms. The number of nitrogens with zero attached hydrogens (tertiary/aromatic N) is 1. The molecule has 3 aromatic carbocycles. The van der Waals surface area contributed by atoms with Gasteiger partial charge in [-0.25, -0.2) is 9.69 Å². The van der Waals surface area contributed by atoms with Crippen molar-refractivity contribution < 1.29 is 23.9 Å². The molecule has 1 aliphatic heterocycles. The van der Waals surface area contributed by atoms with E-state index < -0.39 is 24.4 Å². The van der Waals surface area contributed by atoms with Crippen LogP contribution in [0.15, 0.2) is 64.8 Å². The maximum atomic E-state index is 13.0. The number of imide groups is 1. The Bertz CT molecular complexity index is 1490. The second kappa shape index (κ2) is 13.2. The van der Waals surface area contributed by atoms with Crippen LogP contribution in [0, 0.1) is 0 Å². The lowest BCUT2D eigenvalue weighted by Gasteiger charge is -2.15. The summed E-state index contributed by atoms with van der Waals surface area (Å²) in [4.78, 5) is 39.1. The lowest BCUT2D eigenvalue weighted by molar-refractivity contribution is -0.127. The summed E-state index contributed by atoms with van der Waals surface area (Å²) in [6, 6.07) is 15.2. The van der Waals surface area contributed by atoms with Gasteiger partial charge in [-0.3, -0.25) is 9.59 Å². The Balaban J connectivity index is 1.50. The van der Waals surface area contributed by atoms with Crippen LogP contribution in [0.2, 0.25) is 10.0 Å². The number of rotatable bonds is 10. The number of benzene rings is 3. The summed E-state index contributed by atoms with van der Waals surface area (Å²) in [5.41, 5.74) is 2.94. The van der Waals surface area contributed by atoms with Crippen molar-refractivity contribution in [3.63, 3.8) is 0 Å². The molecule has 0 aliphatic carbocycles. The first-order valence-corrected chi connectivity index (χ1v) is 14.0. The van der Waals surface area contributed by atoms with Gasteiger partial charge in [0.1, 0.15) is 18.8 Å². The van der Waals surface area contributed by atoms with Gasteiger partial charge in [0.05, 0.1) is 11.1 Å². The summed E-state index contributed by atoms with van der Waals surface area (Å²) < 4.78 is 12.4. The molecular formula is C29H26BrCl2N3O5. The van der Waals surface area contributed by atoms with Gasteiger partial charge in [-0.15, -0.1) is 0 Å². The number of amides is 4. The Hall–Kier alpha value is -3.53. The topological polar surface area (TPSA) is 97.0 Å². The third-order valence-electron chi connectivity index (χ3n) is 5.97. The molecule has 0 bridgehead atoms. The first kappa shape index (κ1) is 29.5. The average Bonchev–Trinajstić information content (AvgIpc) is 3.16. The summed E-state index contributed by atoms with van der Waals surface area (Å²) in [6.45, 7) is 3.92. The molecule has 0 aromatic heterocycles. The number of carbonyl (C=O) groups excluding carboxylic acids is 3. The van der Waals surface area contributed by atoms with Crippen LogP contribution in [0.4, 0.5) is 10.5 Å². The number of ether oxygens (including phenoxy) is 2. The predicted octanol–water partition coefficient (Wildman–Crippen LogP) is 6.83. The van der Waals surface area contributed by atoms with Crippen LogP contribution in [0.3, 0.4) is 0 Å². The van der Waals surface area contributed by atoms with Crippen molar-refractivity contribution >= 4 is 68.7 Å². The number of urea groups is 1. The van der Waals surface area contributed by atoms with E-state index in [0.29, 0.717) is 43.9 Å². The minimum absolute atomic E-state index is 0.0303. The first-order chi connectivity index (χ1) is 19.2. The van der Waals surface area contributed by atoms with Crippen molar-refractivity contribution in [3.05, 3.63) is 91.5 Å². The molecule has 40 heavy (non-hydrogen) atoms. The van der Waals surface area contributed by atoms with Gasteiger partial charge < -0.3 is 20.1 Å². The van der Waals surface area contributed by atoms with Gasteiger partial charge in [-0.1, -0.05) is 54.4 Å². The van der Waals surface area contributed by atoms with Crippen LogP contribution in [0.25, 0.3) is 6.08 Å². The highest BCUT2D eigenvalue weighted by Crippen LogP contribution is 2.38. The number of nitrogens with one attached hydrogen (secondary N) is 2. The zero-order valence-electron chi connectivity index (χ0n) is 21.7. The standard InChI is InChI=1S/C29H26BrCl2N3O5/c1-3-18-7-5-6-8-23(18)33-26(36)15-35-28(37)24(34-29(35)38)12-17-11-21(30)27(25(13-17)39-4-2)40-16-19-9-10-20(31)14-22(19)32/h5-14H,3-4,15-16H2,1-2H3,(H,33,36)(H,34,38)/b24-12+. The minimum Gasteiger partial charge on any atom is -0.490 e. The van der Waals surface area contributed by atoms with Gasteiger partial charge in [0.15, 0.2) is 11.5 Å². The highest BCUT2D eigenvalue weighted by Gasteiger charge is 2.35. The van der Waals surface area contributed by atoms with Crippen molar-refractivity contribution in [1.29, 1.82) is 0 Å². The fourth-order valence-electron chi connectivity index (χ4n) is 4.03. The Morgan fingerprint density at radius 2 is 1.82 bits per heavy atom. The normalized spacial score (nSPS) is 13.9. The van der Waals surface area contributed by atoms with E-state index in [1.807, 2.05) is 26.0 Å². The smallest absolute Gasteiger partial charge is 0.329 e. The first-order valence-electron chi connectivity index (χ1n) is 12.5. The molecule has 8 nitrogen and oxygen atoms in total. The summed E-state index contributed by atoms with van der Waals surface area (Å²) in [7, 11) is 0. The number of anilines is 1. The van der Waals surface area contributed by atoms with E-state index in [-0.39, 0.29) is 12.3 Å². The fraction of sp³-hybridized carbons (Fsp3) is 0.207. The quantitative estimate of drug-likeness (QED) is 0.186. The maximum Gasteiger partial charge on any atom is 0.329 e. The summed E-state index contributed by atoms with van der Waals surface area (Å²) >= 11 is 15.8. The highest BCUT2D eigenvalue weighted by molar-refractivity contribution is 9.10. The third-order valence-corrected chi connectivity index (χ3v) is 7.14. The predicted molar refractivity (Wildman–Crippen MR) is 159 cm³/mol. The lowest BCUT2D eigenvalue weighted by Crippen LogP contribution is -2.38. The Kier molecular flexibility index (Phi) is 9.73. The van der Waals surface area contributed by atoms with Crippen molar-refractivity contribution in [1.82, 2.24) is 10.2 Å².